The molecular formula is C36H40BrN3O4S. The summed E-state index contributed by atoms with van der Waals surface area (Å²) < 4.78 is 30.4. The Hall–Kier alpha value is -3.95. The molecule has 4 aromatic carbocycles. The molecule has 1 atom stereocenters. The molecule has 0 unspecified atom stereocenters. The molecule has 0 saturated heterocycles. The molecule has 0 radical (unpaired) electrons. The molecule has 2 amide bonds. The molecule has 0 aliphatic heterocycles. The quantitative estimate of drug-likeness (QED) is 0.140. The maximum Gasteiger partial charge on any atom is 0.264 e. The summed E-state index contributed by atoms with van der Waals surface area (Å²) in [4.78, 5) is 30.1. The summed E-state index contributed by atoms with van der Waals surface area (Å²) in [5.41, 5.74) is 2.93. The number of benzene rings is 4. The van der Waals surface area contributed by atoms with Crippen LogP contribution in [-0.4, -0.2) is 44.3 Å². The van der Waals surface area contributed by atoms with Crippen LogP contribution in [0.3, 0.4) is 0 Å². The van der Waals surface area contributed by atoms with E-state index in [0.717, 1.165) is 34.0 Å². The van der Waals surface area contributed by atoms with Gasteiger partial charge >= 0.3 is 0 Å². The minimum absolute atomic E-state index is 0.0837. The van der Waals surface area contributed by atoms with Crippen molar-refractivity contribution in [3.05, 3.63) is 130 Å². The van der Waals surface area contributed by atoms with Crippen molar-refractivity contribution in [2.45, 2.75) is 57.0 Å². The number of carbonyl (C=O) groups excluding carboxylic acids is 2. The number of hydrogen-bond acceptors (Lipinski definition) is 4. The number of nitrogens with one attached hydrogen (secondary N) is 1. The second-order valence-electron chi connectivity index (χ2n) is 10.8. The van der Waals surface area contributed by atoms with Gasteiger partial charge in [0.1, 0.15) is 12.6 Å². The number of amides is 2. The number of unbranched alkanes of at least 4 members (excludes halogenated alkanes) is 1. The summed E-state index contributed by atoms with van der Waals surface area (Å²) in [6.45, 7) is 4.12. The van der Waals surface area contributed by atoms with Gasteiger partial charge in [0.2, 0.25) is 11.8 Å². The molecule has 236 valence electrons. The van der Waals surface area contributed by atoms with Gasteiger partial charge < -0.3 is 10.2 Å². The van der Waals surface area contributed by atoms with Gasteiger partial charge in [-0.25, -0.2) is 8.42 Å². The number of sulfonamides is 1. The molecule has 0 saturated carbocycles. The monoisotopic (exact) mass is 689 g/mol. The Morgan fingerprint density at radius 1 is 0.822 bits per heavy atom. The van der Waals surface area contributed by atoms with Gasteiger partial charge in [-0.3, -0.25) is 13.9 Å². The first-order valence-corrected chi connectivity index (χ1v) is 17.5. The smallest absolute Gasteiger partial charge is 0.264 e. The summed E-state index contributed by atoms with van der Waals surface area (Å²) >= 11 is 3.52. The molecule has 9 heteroatoms. The standard InChI is InChI=1S/C36H40BrN3O4S/c1-3-5-23-38-36(42)34(25-28-15-8-6-9-16-28)39(26-29-17-14-19-31(37)24-29)35(41)27-40(33-22-13-12-18-30(33)4-2)45(43,44)32-20-10-7-11-21-32/h6-22,24,34H,3-5,23,25-27H2,1-2H3,(H,38,42)/t34-/m1/s1. The predicted molar refractivity (Wildman–Crippen MR) is 183 cm³/mol. The van der Waals surface area contributed by atoms with Gasteiger partial charge in [0.15, 0.2) is 0 Å². The van der Waals surface area contributed by atoms with Gasteiger partial charge in [-0.05, 0) is 59.9 Å². The Balaban J connectivity index is 1.81. The molecule has 0 heterocycles. The second kappa shape index (κ2) is 16.4. The zero-order chi connectivity index (χ0) is 32.2. The third-order valence-electron chi connectivity index (χ3n) is 7.59. The predicted octanol–water partition coefficient (Wildman–Crippen LogP) is 6.76. The molecule has 4 rings (SSSR count). The molecule has 0 fully saturated rings. The van der Waals surface area contributed by atoms with Crippen molar-refractivity contribution in [2.75, 3.05) is 17.4 Å². The lowest BCUT2D eigenvalue weighted by Crippen LogP contribution is -2.53. The second-order valence-corrected chi connectivity index (χ2v) is 13.6. The fraction of sp³-hybridized carbons (Fsp3) is 0.278. The molecule has 0 bridgehead atoms. The van der Waals surface area contributed by atoms with E-state index in [1.54, 1.807) is 30.3 Å². The molecule has 0 aliphatic rings. The van der Waals surface area contributed by atoms with E-state index in [9.17, 15) is 18.0 Å². The molecule has 0 aromatic heterocycles. The zero-order valence-electron chi connectivity index (χ0n) is 25.7. The van der Waals surface area contributed by atoms with Gasteiger partial charge in [-0.1, -0.05) is 115 Å². The van der Waals surface area contributed by atoms with E-state index in [0.29, 0.717) is 18.7 Å². The highest BCUT2D eigenvalue weighted by molar-refractivity contribution is 9.10. The fourth-order valence-corrected chi connectivity index (χ4v) is 7.10. The third kappa shape index (κ3) is 9.05. The average Bonchev–Trinajstić information content (AvgIpc) is 3.06. The molecule has 0 aliphatic carbocycles. The van der Waals surface area contributed by atoms with Crippen molar-refractivity contribution in [1.82, 2.24) is 10.2 Å². The Morgan fingerprint density at radius 2 is 1.47 bits per heavy atom. The minimum Gasteiger partial charge on any atom is -0.354 e. The number of para-hydroxylation sites is 1. The Morgan fingerprint density at radius 3 is 2.13 bits per heavy atom. The van der Waals surface area contributed by atoms with Gasteiger partial charge in [-0.15, -0.1) is 0 Å². The Bertz CT molecular complexity index is 1670. The highest BCUT2D eigenvalue weighted by atomic mass is 79.9. The van der Waals surface area contributed by atoms with Crippen molar-refractivity contribution < 1.29 is 18.0 Å². The van der Waals surface area contributed by atoms with Crippen LogP contribution in [-0.2, 0) is 39.0 Å². The van der Waals surface area contributed by atoms with E-state index in [1.807, 2.05) is 80.6 Å². The largest absolute Gasteiger partial charge is 0.354 e. The van der Waals surface area contributed by atoms with E-state index < -0.39 is 28.5 Å². The summed E-state index contributed by atoms with van der Waals surface area (Å²) in [5, 5.41) is 3.02. The Labute approximate surface area is 275 Å². The van der Waals surface area contributed by atoms with E-state index in [-0.39, 0.29) is 23.8 Å². The van der Waals surface area contributed by atoms with Crippen molar-refractivity contribution in [3.8, 4) is 0 Å². The first-order valence-electron chi connectivity index (χ1n) is 15.3. The summed E-state index contributed by atoms with van der Waals surface area (Å²) in [6, 6.07) is 31.6. The number of hydrogen-bond donors (Lipinski definition) is 1. The summed E-state index contributed by atoms with van der Waals surface area (Å²) in [5.74, 6) is -0.756. The van der Waals surface area contributed by atoms with Crippen LogP contribution in [0.5, 0.6) is 0 Å². The average molecular weight is 691 g/mol. The maximum absolute atomic E-state index is 14.6. The summed E-state index contributed by atoms with van der Waals surface area (Å²) in [6.07, 6.45) is 2.56. The number of anilines is 1. The molecule has 0 spiro atoms. The van der Waals surface area contributed by atoms with E-state index in [4.69, 9.17) is 0 Å². The van der Waals surface area contributed by atoms with Gasteiger partial charge in [0, 0.05) is 24.0 Å². The maximum atomic E-state index is 14.6. The highest BCUT2D eigenvalue weighted by Crippen LogP contribution is 2.28. The van der Waals surface area contributed by atoms with Crippen molar-refractivity contribution in [1.29, 1.82) is 0 Å². The van der Waals surface area contributed by atoms with Crippen LogP contribution in [0.25, 0.3) is 0 Å². The molecule has 1 N–H and O–H groups in total. The van der Waals surface area contributed by atoms with Gasteiger partial charge in [0.05, 0.1) is 10.6 Å². The normalized spacial score (nSPS) is 11.9. The Kier molecular flexibility index (Phi) is 12.4. The number of aryl methyl sites for hydroxylation is 1. The van der Waals surface area contributed by atoms with Crippen LogP contribution >= 0.6 is 15.9 Å². The molecule has 45 heavy (non-hydrogen) atoms. The van der Waals surface area contributed by atoms with Gasteiger partial charge in [-0.2, -0.15) is 0 Å². The van der Waals surface area contributed by atoms with Crippen LogP contribution in [0.4, 0.5) is 5.69 Å². The number of halogens is 1. The van der Waals surface area contributed by atoms with Crippen LogP contribution in [0, 0.1) is 0 Å². The lowest BCUT2D eigenvalue weighted by Gasteiger charge is -2.34. The molecule has 7 nitrogen and oxygen atoms in total. The zero-order valence-corrected chi connectivity index (χ0v) is 28.1. The topological polar surface area (TPSA) is 86.8 Å². The lowest BCUT2D eigenvalue weighted by atomic mass is 10.0. The van der Waals surface area contributed by atoms with Crippen LogP contribution in [0.2, 0.25) is 0 Å². The number of carbonyl (C=O) groups is 2. The van der Waals surface area contributed by atoms with Crippen molar-refractivity contribution in [2.24, 2.45) is 0 Å². The van der Waals surface area contributed by atoms with Crippen molar-refractivity contribution in [3.63, 3.8) is 0 Å². The van der Waals surface area contributed by atoms with Crippen LogP contribution in [0.15, 0.2) is 119 Å². The molecular weight excluding hydrogens is 650 g/mol. The number of nitrogens with zero attached hydrogens (tertiary/aromatic N) is 2. The summed E-state index contributed by atoms with van der Waals surface area (Å²) in [7, 11) is -4.14. The number of rotatable bonds is 15. The van der Waals surface area contributed by atoms with E-state index in [2.05, 4.69) is 21.2 Å². The molecule has 4 aromatic rings. The van der Waals surface area contributed by atoms with E-state index in [1.165, 1.54) is 21.3 Å². The highest BCUT2D eigenvalue weighted by Gasteiger charge is 2.35. The van der Waals surface area contributed by atoms with Crippen LogP contribution < -0.4 is 9.62 Å². The van der Waals surface area contributed by atoms with E-state index >= 15 is 0 Å². The first-order chi connectivity index (χ1) is 21.7. The third-order valence-corrected chi connectivity index (χ3v) is 9.86. The van der Waals surface area contributed by atoms with Gasteiger partial charge in [0.25, 0.3) is 10.0 Å². The first kappa shape index (κ1) is 33.9. The minimum atomic E-state index is -4.14. The lowest BCUT2D eigenvalue weighted by molar-refractivity contribution is -0.140. The van der Waals surface area contributed by atoms with Crippen LogP contribution in [0.1, 0.15) is 43.4 Å². The SMILES string of the molecule is CCCCNC(=O)[C@@H](Cc1ccccc1)N(Cc1cccc(Br)c1)C(=O)CN(c1ccccc1CC)S(=O)(=O)c1ccccc1. The van der Waals surface area contributed by atoms with Crippen molar-refractivity contribution >= 4 is 43.5 Å². The fourth-order valence-electron chi connectivity index (χ4n) is 5.18.